The zero-order valence-electron chi connectivity index (χ0n) is 14.5. The maximum absolute atomic E-state index is 5.96. The second-order valence-electron chi connectivity index (χ2n) is 6.32. The highest BCUT2D eigenvalue weighted by atomic mass is 35.5. The van der Waals surface area contributed by atoms with E-state index in [2.05, 4.69) is 14.9 Å². The smallest absolute Gasteiger partial charge is 0.159 e. The van der Waals surface area contributed by atoms with Crippen LogP contribution in [0.2, 0.25) is 5.02 Å². The van der Waals surface area contributed by atoms with Gasteiger partial charge in [-0.2, -0.15) is 0 Å². The fraction of sp³-hybridized carbons (Fsp3) is 0.250. The molecule has 0 unspecified atom stereocenters. The van der Waals surface area contributed by atoms with Gasteiger partial charge in [0.15, 0.2) is 5.82 Å². The summed E-state index contributed by atoms with van der Waals surface area (Å²) in [6.07, 6.45) is 6.47. The summed E-state index contributed by atoms with van der Waals surface area (Å²) in [6, 6.07) is 9.53. The average molecular weight is 367 g/mol. The van der Waals surface area contributed by atoms with Crippen molar-refractivity contribution in [1.29, 1.82) is 0 Å². The molecule has 0 fully saturated rings. The topological polar surface area (TPSA) is 51.1 Å². The van der Waals surface area contributed by atoms with E-state index in [-0.39, 0.29) is 0 Å². The van der Waals surface area contributed by atoms with Crippen molar-refractivity contribution in [3.63, 3.8) is 0 Å². The molecule has 0 N–H and O–H groups in total. The maximum Gasteiger partial charge on any atom is 0.159 e. The summed E-state index contributed by atoms with van der Waals surface area (Å²) in [7, 11) is 1.69. The summed E-state index contributed by atoms with van der Waals surface area (Å²) >= 11 is 5.96. The molecule has 2 aromatic heterocycles. The predicted octanol–water partition coefficient (Wildman–Crippen LogP) is 3.76. The van der Waals surface area contributed by atoms with Crippen molar-refractivity contribution in [2.24, 2.45) is 0 Å². The number of methoxy groups -OCH3 is 1. The Balaban J connectivity index is 1.52. The van der Waals surface area contributed by atoms with Crippen LogP contribution < -0.4 is 4.74 Å². The lowest BCUT2D eigenvalue weighted by Crippen LogP contribution is -2.31. The molecule has 1 aromatic carbocycles. The lowest BCUT2D eigenvalue weighted by atomic mass is 10.1. The largest absolute Gasteiger partial charge is 0.496 e. The third kappa shape index (κ3) is 3.54. The lowest BCUT2D eigenvalue weighted by molar-refractivity contribution is 0.239. The van der Waals surface area contributed by atoms with E-state index in [1.165, 1.54) is 5.56 Å². The van der Waals surface area contributed by atoms with E-state index in [4.69, 9.17) is 21.3 Å². The van der Waals surface area contributed by atoms with Crippen LogP contribution >= 0.6 is 11.6 Å². The van der Waals surface area contributed by atoms with Crippen LogP contribution in [0.5, 0.6) is 5.75 Å². The number of halogens is 1. The van der Waals surface area contributed by atoms with Crippen molar-refractivity contribution in [2.75, 3.05) is 13.7 Å². The van der Waals surface area contributed by atoms with E-state index in [1.54, 1.807) is 13.3 Å². The normalized spacial score (nSPS) is 14.1. The van der Waals surface area contributed by atoms with E-state index < -0.39 is 0 Å². The van der Waals surface area contributed by atoms with Crippen LogP contribution in [-0.2, 0) is 19.5 Å². The van der Waals surface area contributed by atoms with Gasteiger partial charge in [-0.3, -0.25) is 9.88 Å². The molecule has 6 heteroatoms. The number of pyridine rings is 1. The molecule has 4 rings (SSSR count). The minimum atomic E-state index is 0.716. The molecular weight excluding hydrogens is 348 g/mol. The number of hydrogen-bond donors (Lipinski definition) is 0. The highest BCUT2D eigenvalue weighted by molar-refractivity contribution is 6.30. The Morgan fingerprint density at radius 3 is 2.81 bits per heavy atom. The average Bonchev–Trinajstić information content (AvgIpc) is 2.68. The number of ether oxygens (including phenoxy) is 1. The molecular formula is C20H19ClN4O. The Labute approximate surface area is 157 Å². The summed E-state index contributed by atoms with van der Waals surface area (Å²) in [5.74, 6) is 1.63. The number of fused-ring (bicyclic) bond motifs is 1. The van der Waals surface area contributed by atoms with Crippen LogP contribution in [-0.4, -0.2) is 33.5 Å². The summed E-state index contributed by atoms with van der Waals surface area (Å²) in [4.78, 5) is 15.9. The molecule has 1 aliphatic heterocycles. The van der Waals surface area contributed by atoms with Gasteiger partial charge in [-0.05, 0) is 30.3 Å². The van der Waals surface area contributed by atoms with Crippen LogP contribution in [0.25, 0.3) is 11.4 Å². The van der Waals surface area contributed by atoms with Crippen molar-refractivity contribution in [3.8, 4) is 17.1 Å². The van der Waals surface area contributed by atoms with Crippen LogP contribution in [0.3, 0.4) is 0 Å². The molecule has 0 radical (unpaired) electrons. The Morgan fingerprint density at radius 1 is 1.15 bits per heavy atom. The molecule has 0 saturated heterocycles. The van der Waals surface area contributed by atoms with Gasteiger partial charge in [0.05, 0.1) is 12.8 Å². The van der Waals surface area contributed by atoms with Crippen molar-refractivity contribution in [1.82, 2.24) is 19.9 Å². The van der Waals surface area contributed by atoms with Gasteiger partial charge in [-0.25, -0.2) is 9.97 Å². The number of rotatable bonds is 4. The van der Waals surface area contributed by atoms with Crippen molar-refractivity contribution >= 4 is 11.6 Å². The van der Waals surface area contributed by atoms with Crippen LogP contribution in [0.1, 0.15) is 16.8 Å². The lowest BCUT2D eigenvalue weighted by Gasteiger charge is -2.28. The first kappa shape index (κ1) is 16.9. The molecule has 0 aliphatic carbocycles. The summed E-state index contributed by atoms with van der Waals surface area (Å²) in [5.41, 5.74) is 4.38. The Kier molecular flexibility index (Phi) is 4.82. The standard InChI is InChI=1S/C20H19ClN4O/c1-26-19-6-8-22-10-16(19)13-25-9-7-18-15(12-25)11-23-20(24-18)14-2-4-17(21)5-3-14/h2-6,8,10-11H,7,9,12-13H2,1H3. The van der Waals surface area contributed by atoms with Gasteiger partial charge >= 0.3 is 0 Å². The first-order chi connectivity index (χ1) is 12.7. The second-order valence-corrected chi connectivity index (χ2v) is 6.76. The van der Waals surface area contributed by atoms with Gasteiger partial charge < -0.3 is 4.74 Å². The van der Waals surface area contributed by atoms with Crippen molar-refractivity contribution in [2.45, 2.75) is 19.5 Å². The zero-order valence-corrected chi connectivity index (χ0v) is 15.3. The van der Waals surface area contributed by atoms with E-state index in [1.807, 2.05) is 42.7 Å². The molecule has 132 valence electrons. The molecule has 1 aliphatic rings. The molecule has 0 atom stereocenters. The minimum Gasteiger partial charge on any atom is -0.496 e. The van der Waals surface area contributed by atoms with Gasteiger partial charge in [0.2, 0.25) is 0 Å². The zero-order chi connectivity index (χ0) is 17.9. The number of nitrogens with zero attached hydrogens (tertiary/aromatic N) is 4. The predicted molar refractivity (Wildman–Crippen MR) is 101 cm³/mol. The van der Waals surface area contributed by atoms with Crippen LogP contribution in [0, 0.1) is 0 Å². The van der Waals surface area contributed by atoms with Crippen molar-refractivity contribution in [3.05, 3.63) is 70.8 Å². The maximum atomic E-state index is 5.96. The van der Waals surface area contributed by atoms with Gasteiger partial charge in [-0.1, -0.05) is 11.6 Å². The minimum absolute atomic E-state index is 0.716. The van der Waals surface area contributed by atoms with Crippen LogP contribution in [0.4, 0.5) is 0 Å². The van der Waals surface area contributed by atoms with Gasteiger partial charge in [0, 0.05) is 66.4 Å². The molecule has 3 aromatic rings. The Morgan fingerprint density at radius 2 is 2.00 bits per heavy atom. The monoisotopic (exact) mass is 366 g/mol. The fourth-order valence-electron chi connectivity index (χ4n) is 3.22. The van der Waals surface area contributed by atoms with Gasteiger partial charge in [-0.15, -0.1) is 0 Å². The molecule has 0 spiro atoms. The molecule has 0 amide bonds. The van der Waals surface area contributed by atoms with E-state index >= 15 is 0 Å². The fourth-order valence-corrected chi connectivity index (χ4v) is 3.35. The SMILES string of the molecule is COc1ccncc1CN1CCc2nc(-c3ccc(Cl)cc3)ncc2C1. The van der Waals surface area contributed by atoms with Crippen LogP contribution in [0.15, 0.2) is 48.9 Å². The van der Waals surface area contributed by atoms with E-state index in [9.17, 15) is 0 Å². The van der Waals surface area contributed by atoms with E-state index in [0.29, 0.717) is 5.02 Å². The molecule has 0 saturated carbocycles. The quantitative estimate of drug-likeness (QED) is 0.703. The first-order valence-corrected chi connectivity index (χ1v) is 8.90. The molecule has 5 nitrogen and oxygen atoms in total. The summed E-state index contributed by atoms with van der Waals surface area (Å²) in [5, 5.41) is 0.716. The van der Waals surface area contributed by atoms with E-state index in [0.717, 1.165) is 54.4 Å². The van der Waals surface area contributed by atoms with Gasteiger partial charge in [0.1, 0.15) is 5.75 Å². The molecule has 26 heavy (non-hydrogen) atoms. The summed E-state index contributed by atoms with van der Waals surface area (Å²) in [6.45, 7) is 2.58. The first-order valence-electron chi connectivity index (χ1n) is 8.53. The second kappa shape index (κ2) is 7.40. The number of aromatic nitrogens is 3. The molecule has 3 heterocycles. The van der Waals surface area contributed by atoms with Crippen molar-refractivity contribution < 1.29 is 4.74 Å². The highest BCUT2D eigenvalue weighted by Gasteiger charge is 2.20. The third-order valence-corrected chi connectivity index (χ3v) is 4.84. The Bertz CT molecular complexity index is 914. The van der Waals surface area contributed by atoms with Gasteiger partial charge in [0.25, 0.3) is 0 Å². The number of benzene rings is 1. The Hall–Kier alpha value is -2.50. The molecule has 0 bridgehead atoms. The highest BCUT2D eigenvalue weighted by Crippen LogP contribution is 2.25. The third-order valence-electron chi connectivity index (χ3n) is 4.59. The number of hydrogen-bond acceptors (Lipinski definition) is 5. The summed E-state index contributed by atoms with van der Waals surface area (Å²) < 4.78 is 5.43.